The molecule has 0 saturated heterocycles. The van der Waals surface area contributed by atoms with Crippen LogP contribution in [0, 0.1) is 0 Å². The van der Waals surface area contributed by atoms with Gasteiger partial charge in [-0.15, -0.1) is 0 Å². The summed E-state index contributed by atoms with van der Waals surface area (Å²) in [6.45, 7) is 4.56. The minimum atomic E-state index is 0.571. The molecule has 1 aliphatic carbocycles. The van der Waals surface area contributed by atoms with Gasteiger partial charge in [-0.05, 0) is 88.7 Å². The average molecular weight is 511 g/mol. The smallest absolute Gasteiger partial charge is 0.121 e. The molecule has 1 N–H and O–H groups in total. The van der Waals surface area contributed by atoms with Crippen molar-refractivity contribution in [3.8, 4) is 28.0 Å². The first-order chi connectivity index (χ1) is 18.7. The van der Waals surface area contributed by atoms with Gasteiger partial charge in [-0.25, -0.2) is 0 Å². The number of fused-ring (bicyclic) bond motifs is 3. The molecule has 0 fully saturated rings. The number of hydrogen-bond acceptors (Lipinski definition) is 1. The van der Waals surface area contributed by atoms with Gasteiger partial charge in [0.05, 0.1) is 0 Å². The van der Waals surface area contributed by atoms with Crippen molar-refractivity contribution in [2.24, 2.45) is 0 Å². The van der Waals surface area contributed by atoms with Crippen LogP contribution in [-0.4, -0.2) is 5.11 Å². The summed E-state index contributed by atoms with van der Waals surface area (Å²) in [6.07, 6.45) is 21.2. The molecule has 0 aromatic heterocycles. The largest absolute Gasteiger partial charge is 0.507 e. The molecule has 1 nitrogen and oxygen atoms in total. The Hall–Kier alpha value is -2.54. The normalized spacial score (nSPS) is 12.1. The van der Waals surface area contributed by atoms with Gasteiger partial charge < -0.3 is 5.11 Å². The fraction of sp³-hybridized carbons (Fsp3) is 0.514. The molecule has 3 aromatic carbocycles. The molecule has 1 heteroatoms. The van der Waals surface area contributed by atoms with Crippen molar-refractivity contribution >= 4 is 0 Å². The molecule has 204 valence electrons. The van der Waals surface area contributed by atoms with Gasteiger partial charge in [0, 0.05) is 0 Å². The van der Waals surface area contributed by atoms with Crippen LogP contribution >= 0.6 is 0 Å². The molecule has 38 heavy (non-hydrogen) atoms. The summed E-state index contributed by atoms with van der Waals surface area (Å²) in [5.74, 6) is 0.571. The number of benzene rings is 3. The van der Waals surface area contributed by atoms with Crippen molar-refractivity contribution in [3.05, 3.63) is 76.9 Å². The summed E-state index contributed by atoms with van der Waals surface area (Å²) in [5.41, 5.74) is 10.6. The zero-order chi connectivity index (χ0) is 26.6. The van der Waals surface area contributed by atoms with E-state index in [1.165, 1.54) is 123 Å². The molecular formula is C37H50O. The number of rotatable bonds is 17. The second-order valence-corrected chi connectivity index (χ2v) is 11.6. The molecule has 0 saturated carbocycles. The Balaban J connectivity index is 1.51. The maximum Gasteiger partial charge on any atom is 0.121 e. The third-order valence-electron chi connectivity index (χ3n) is 8.53. The summed E-state index contributed by atoms with van der Waals surface area (Å²) in [7, 11) is 0. The molecule has 0 atom stereocenters. The molecule has 0 heterocycles. The highest BCUT2D eigenvalue weighted by atomic mass is 16.3. The molecule has 0 spiro atoms. The maximum atomic E-state index is 11.3. The standard InChI is InChI=1S/C37H50O/c1-3-5-7-9-11-13-15-21-30-26-32(27-31(37(30)38)22-16-14-12-10-8-6-4-2)34-24-19-25-35-33-23-18-17-20-29(33)28-36(34)35/h17-20,23-27,38H,3-16,21-22,28H2,1-2H3. The average Bonchev–Trinajstić information content (AvgIpc) is 3.32. The Kier molecular flexibility index (Phi) is 11.4. The van der Waals surface area contributed by atoms with Gasteiger partial charge in [-0.2, -0.15) is 0 Å². The Morgan fingerprint density at radius 1 is 0.553 bits per heavy atom. The monoisotopic (exact) mass is 510 g/mol. The minimum Gasteiger partial charge on any atom is -0.507 e. The molecule has 0 bridgehead atoms. The van der Waals surface area contributed by atoms with E-state index in [0.717, 1.165) is 30.4 Å². The van der Waals surface area contributed by atoms with Crippen molar-refractivity contribution in [2.75, 3.05) is 0 Å². The van der Waals surface area contributed by atoms with E-state index >= 15 is 0 Å². The van der Waals surface area contributed by atoms with Crippen molar-refractivity contribution in [1.82, 2.24) is 0 Å². The first-order valence-corrected chi connectivity index (χ1v) is 15.8. The van der Waals surface area contributed by atoms with Crippen molar-refractivity contribution in [2.45, 2.75) is 123 Å². The molecule has 0 radical (unpaired) electrons. The van der Waals surface area contributed by atoms with Gasteiger partial charge in [-0.3, -0.25) is 0 Å². The molecular weight excluding hydrogens is 460 g/mol. The first kappa shape index (κ1) is 28.5. The lowest BCUT2D eigenvalue weighted by Gasteiger charge is -2.16. The van der Waals surface area contributed by atoms with Crippen molar-refractivity contribution < 1.29 is 5.11 Å². The van der Waals surface area contributed by atoms with Crippen LogP contribution in [0.1, 0.15) is 126 Å². The quantitative estimate of drug-likeness (QED) is 0.140. The molecule has 1 aliphatic rings. The van der Waals surface area contributed by atoms with Crippen LogP contribution in [0.3, 0.4) is 0 Å². The van der Waals surface area contributed by atoms with E-state index in [1.807, 2.05) is 0 Å². The highest BCUT2D eigenvalue weighted by molar-refractivity contribution is 5.85. The van der Waals surface area contributed by atoms with Crippen LogP contribution in [0.4, 0.5) is 0 Å². The lowest BCUT2D eigenvalue weighted by molar-refractivity contribution is 0.457. The van der Waals surface area contributed by atoms with Crippen LogP contribution in [0.15, 0.2) is 54.6 Å². The molecule has 0 aliphatic heterocycles. The van der Waals surface area contributed by atoms with Crippen LogP contribution < -0.4 is 0 Å². The summed E-state index contributed by atoms with van der Waals surface area (Å²) < 4.78 is 0. The molecule has 4 rings (SSSR count). The predicted molar refractivity (Wildman–Crippen MR) is 165 cm³/mol. The van der Waals surface area contributed by atoms with Crippen LogP contribution in [0.25, 0.3) is 22.3 Å². The topological polar surface area (TPSA) is 20.2 Å². The maximum absolute atomic E-state index is 11.3. The minimum absolute atomic E-state index is 0.571. The second-order valence-electron chi connectivity index (χ2n) is 11.6. The highest BCUT2D eigenvalue weighted by Crippen LogP contribution is 2.43. The van der Waals surface area contributed by atoms with E-state index in [0.29, 0.717) is 5.75 Å². The number of aromatic hydroxyl groups is 1. The Morgan fingerprint density at radius 2 is 1.05 bits per heavy atom. The highest BCUT2D eigenvalue weighted by Gasteiger charge is 2.22. The molecule has 0 amide bonds. The third kappa shape index (κ3) is 7.52. The van der Waals surface area contributed by atoms with Crippen molar-refractivity contribution in [3.63, 3.8) is 0 Å². The van der Waals surface area contributed by atoms with E-state index in [4.69, 9.17) is 0 Å². The van der Waals surface area contributed by atoms with E-state index in [9.17, 15) is 5.11 Å². The molecule has 3 aromatic rings. The van der Waals surface area contributed by atoms with Gasteiger partial charge in [0.1, 0.15) is 5.75 Å². The van der Waals surface area contributed by atoms with Gasteiger partial charge in [0.25, 0.3) is 0 Å². The summed E-state index contributed by atoms with van der Waals surface area (Å²) in [5, 5.41) is 11.3. The Labute approximate surface area is 232 Å². The van der Waals surface area contributed by atoms with E-state index in [1.54, 1.807) is 0 Å². The van der Waals surface area contributed by atoms with Gasteiger partial charge in [-0.1, -0.05) is 133 Å². The number of phenols is 1. The number of hydrogen-bond donors (Lipinski definition) is 1. The number of unbranched alkanes of at least 4 members (excludes halogenated alkanes) is 12. The first-order valence-electron chi connectivity index (χ1n) is 15.8. The third-order valence-corrected chi connectivity index (χ3v) is 8.53. The zero-order valence-electron chi connectivity index (χ0n) is 24.2. The van der Waals surface area contributed by atoms with Crippen LogP contribution in [-0.2, 0) is 19.3 Å². The Morgan fingerprint density at radius 3 is 1.66 bits per heavy atom. The summed E-state index contributed by atoms with van der Waals surface area (Å²) in [4.78, 5) is 0. The van der Waals surface area contributed by atoms with E-state index in [-0.39, 0.29) is 0 Å². The lowest BCUT2D eigenvalue weighted by atomic mass is 9.90. The van der Waals surface area contributed by atoms with Crippen molar-refractivity contribution in [1.29, 1.82) is 0 Å². The van der Waals surface area contributed by atoms with Gasteiger partial charge >= 0.3 is 0 Å². The fourth-order valence-corrected chi connectivity index (χ4v) is 6.27. The molecule has 0 unspecified atom stereocenters. The number of phenolic OH excluding ortho intramolecular Hbond substituents is 1. The Bertz CT molecular complexity index is 1100. The van der Waals surface area contributed by atoms with Crippen LogP contribution in [0.5, 0.6) is 5.75 Å². The van der Waals surface area contributed by atoms with Gasteiger partial charge in [0.15, 0.2) is 0 Å². The van der Waals surface area contributed by atoms with Gasteiger partial charge in [0.2, 0.25) is 0 Å². The van der Waals surface area contributed by atoms with Crippen LogP contribution in [0.2, 0.25) is 0 Å². The lowest BCUT2D eigenvalue weighted by Crippen LogP contribution is -1.97. The van der Waals surface area contributed by atoms with E-state index in [2.05, 4.69) is 68.4 Å². The SMILES string of the molecule is CCCCCCCCCc1cc(-c2cccc3c2Cc2ccccc2-3)cc(CCCCCCCCC)c1O. The predicted octanol–water partition coefficient (Wildman–Crippen LogP) is 11.2. The summed E-state index contributed by atoms with van der Waals surface area (Å²) in [6, 6.07) is 20.3. The zero-order valence-corrected chi connectivity index (χ0v) is 24.2. The fourth-order valence-electron chi connectivity index (χ4n) is 6.27. The second kappa shape index (κ2) is 15.2. The summed E-state index contributed by atoms with van der Waals surface area (Å²) >= 11 is 0. The van der Waals surface area contributed by atoms with E-state index < -0.39 is 0 Å². The number of aryl methyl sites for hydroxylation is 2.